The fourth-order valence-electron chi connectivity index (χ4n) is 3.92. The van der Waals surface area contributed by atoms with Gasteiger partial charge in [-0.05, 0) is 75.3 Å². The van der Waals surface area contributed by atoms with Crippen LogP contribution < -0.4 is 5.46 Å². The van der Waals surface area contributed by atoms with Gasteiger partial charge in [-0.1, -0.05) is 41.7 Å². The first-order chi connectivity index (χ1) is 12.8. The number of ether oxygens (including phenoxy) is 2. The number of hydrogen-bond acceptors (Lipinski definition) is 2. The Balaban J connectivity index is 1.78. The summed E-state index contributed by atoms with van der Waals surface area (Å²) in [7, 11) is 6.18. The van der Waals surface area contributed by atoms with Gasteiger partial charge in [0.05, 0.1) is 13.2 Å². The number of hydrogen-bond donors (Lipinski definition) is 0. The molecule has 2 aromatic rings. The number of rotatable bonds is 4. The van der Waals surface area contributed by atoms with Crippen LogP contribution in [0.25, 0.3) is 0 Å². The van der Waals surface area contributed by atoms with Crippen LogP contribution in [-0.2, 0) is 22.3 Å². The van der Waals surface area contributed by atoms with Gasteiger partial charge in [0.15, 0.2) is 6.29 Å². The average Bonchev–Trinajstić information content (AvgIpc) is 2.66. The summed E-state index contributed by atoms with van der Waals surface area (Å²) in [5.41, 5.74) is 11.2. The fourth-order valence-corrected chi connectivity index (χ4v) is 3.92. The van der Waals surface area contributed by atoms with Crippen molar-refractivity contribution in [2.45, 2.75) is 60.7 Å². The van der Waals surface area contributed by atoms with Crippen LogP contribution in [0.5, 0.6) is 0 Å². The van der Waals surface area contributed by atoms with Gasteiger partial charge in [0.1, 0.15) is 7.85 Å². The highest BCUT2D eigenvalue weighted by Gasteiger charge is 2.23. The molecule has 1 heterocycles. The van der Waals surface area contributed by atoms with E-state index in [0.29, 0.717) is 5.92 Å². The van der Waals surface area contributed by atoms with Crippen LogP contribution >= 0.6 is 0 Å². The molecule has 0 aliphatic carbocycles. The van der Waals surface area contributed by atoms with E-state index >= 15 is 0 Å². The van der Waals surface area contributed by atoms with Gasteiger partial charge in [-0.3, -0.25) is 0 Å². The van der Waals surface area contributed by atoms with Crippen molar-refractivity contribution in [3.05, 3.63) is 62.7 Å². The molecular formula is C24H31BO2. The highest BCUT2D eigenvalue weighted by atomic mass is 16.7. The molecule has 1 aliphatic rings. The summed E-state index contributed by atoms with van der Waals surface area (Å²) in [6.07, 6.45) is 1.83. The fraction of sp³-hybridized carbons (Fsp3) is 0.500. The zero-order valence-corrected chi connectivity index (χ0v) is 17.6. The molecule has 0 bridgehead atoms. The van der Waals surface area contributed by atoms with Crippen LogP contribution in [-0.4, -0.2) is 21.1 Å². The minimum Gasteiger partial charge on any atom is -0.348 e. The Morgan fingerprint density at radius 2 is 1.44 bits per heavy atom. The first kappa shape index (κ1) is 20.2. The lowest BCUT2D eigenvalue weighted by atomic mass is 9.81. The van der Waals surface area contributed by atoms with Crippen LogP contribution in [0.2, 0.25) is 0 Å². The molecule has 1 fully saturated rings. The van der Waals surface area contributed by atoms with Gasteiger partial charge in [-0.15, -0.1) is 0 Å². The van der Waals surface area contributed by atoms with Crippen LogP contribution in [0, 0.1) is 40.5 Å². The molecule has 0 atom stereocenters. The van der Waals surface area contributed by atoms with E-state index in [0.717, 1.165) is 31.5 Å². The lowest BCUT2D eigenvalue weighted by Gasteiger charge is -2.29. The first-order valence-corrected chi connectivity index (χ1v) is 9.97. The molecule has 0 amide bonds. The lowest BCUT2D eigenvalue weighted by molar-refractivity contribution is -0.202. The molecule has 2 nitrogen and oxygen atoms in total. The Morgan fingerprint density at radius 1 is 0.852 bits per heavy atom. The van der Waals surface area contributed by atoms with Crippen LogP contribution in [0.1, 0.15) is 57.7 Å². The summed E-state index contributed by atoms with van der Waals surface area (Å²) in [4.78, 5) is 0. The van der Waals surface area contributed by atoms with E-state index in [4.69, 9.17) is 17.3 Å². The molecule has 0 aromatic heterocycles. The van der Waals surface area contributed by atoms with Gasteiger partial charge in [0.25, 0.3) is 0 Å². The number of aryl methyl sites for hydroxylation is 3. The van der Waals surface area contributed by atoms with E-state index in [9.17, 15) is 0 Å². The van der Waals surface area contributed by atoms with Gasteiger partial charge in [0.2, 0.25) is 0 Å². The van der Waals surface area contributed by atoms with Gasteiger partial charge in [-0.2, -0.15) is 0 Å². The lowest BCUT2D eigenvalue weighted by Crippen LogP contribution is -2.25. The van der Waals surface area contributed by atoms with Crippen molar-refractivity contribution in [1.29, 1.82) is 0 Å². The molecular weight excluding hydrogens is 331 g/mol. The third-order valence-corrected chi connectivity index (χ3v) is 6.19. The summed E-state index contributed by atoms with van der Waals surface area (Å²) in [6.45, 7) is 14.5. The second-order valence-corrected chi connectivity index (χ2v) is 8.18. The second-order valence-electron chi connectivity index (χ2n) is 8.18. The average molecular weight is 362 g/mol. The molecule has 0 saturated carbocycles. The monoisotopic (exact) mass is 362 g/mol. The Morgan fingerprint density at radius 3 is 2.11 bits per heavy atom. The topological polar surface area (TPSA) is 18.5 Å². The van der Waals surface area contributed by atoms with E-state index in [-0.39, 0.29) is 6.29 Å². The van der Waals surface area contributed by atoms with Crippen molar-refractivity contribution >= 4 is 13.3 Å². The number of benzene rings is 2. The van der Waals surface area contributed by atoms with Crippen LogP contribution in [0.3, 0.4) is 0 Å². The first-order valence-electron chi connectivity index (χ1n) is 9.97. The molecule has 0 N–H and O–H groups in total. The molecule has 3 heteroatoms. The van der Waals surface area contributed by atoms with E-state index in [1.54, 1.807) is 0 Å². The summed E-state index contributed by atoms with van der Waals surface area (Å²) in [5, 5.41) is 0. The standard InChI is InChI=1S/C24H31BO2/c1-14-12-26-24(27-13-14)22-10-9-20(16(3)18(22)5)7-8-21-11-15(2)23(25)19(6)17(21)4/h9-11,14,24H,7-8,12-13H2,1-6H3. The smallest absolute Gasteiger partial charge is 0.184 e. The van der Waals surface area contributed by atoms with Crippen LogP contribution in [0.15, 0.2) is 18.2 Å². The van der Waals surface area contributed by atoms with E-state index in [2.05, 4.69) is 59.7 Å². The predicted octanol–water partition coefficient (Wildman–Crippen LogP) is 4.49. The second kappa shape index (κ2) is 8.20. The van der Waals surface area contributed by atoms with Gasteiger partial charge in [0, 0.05) is 11.5 Å². The van der Waals surface area contributed by atoms with Crippen molar-refractivity contribution < 1.29 is 9.47 Å². The summed E-state index contributed by atoms with van der Waals surface area (Å²) >= 11 is 0. The third kappa shape index (κ3) is 4.15. The maximum Gasteiger partial charge on any atom is 0.184 e. The van der Waals surface area contributed by atoms with Crippen molar-refractivity contribution in [3.8, 4) is 0 Å². The van der Waals surface area contributed by atoms with Gasteiger partial charge in [-0.25, -0.2) is 0 Å². The highest BCUT2D eigenvalue weighted by molar-refractivity contribution is 6.34. The molecule has 2 aromatic carbocycles. The van der Waals surface area contributed by atoms with E-state index in [1.165, 1.54) is 44.5 Å². The maximum atomic E-state index is 6.18. The molecule has 142 valence electrons. The van der Waals surface area contributed by atoms with Crippen LogP contribution in [0.4, 0.5) is 0 Å². The van der Waals surface area contributed by atoms with Crippen molar-refractivity contribution in [2.75, 3.05) is 13.2 Å². The Kier molecular flexibility index (Phi) is 6.13. The zero-order valence-electron chi connectivity index (χ0n) is 17.6. The molecule has 3 rings (SSSR count). The summed E-state index contributed by atoms with van der Waals surface area (Å²) < 4.78 is 11.8. The minimum absolute atomic E-state index is 0.224. The Labute approximate surface area is 165 Å². The summed E-state index contributed by atoms with van der Waals surface area (Å²) in [6, 6.07) is 6.68. The highest BCUT2D eigenvalue weighted by Crippen LogP contribution is 2.30. The van der Waals surface area contributed by atoms with E-state index < -0.39 is 0 Å². The molecule has 1 saturated heterocycles. The molecule has 1 aliphatic heterocycles. The molecule has 27 heavy (non-hydrogen) atoms. The van der Waals surface area contributed by atoms with Crippen molar-refractivity contribution in [3.63, 3.8) is 0 Å². The molecule has 2 radical (unpaired) electrons. The van der Waals surface area contributed by atoms with Crippen molar-refractivity contribution in [2.24, 2.45) is 5.92 Å². The molecule has 0 spiro atoms. The SMILES string of the molecule is [B]c1c(C)cc(CCc2ccc(C3OCC(C)CO3)c(C)c2C)c(C)c1C. The predicted molar refractivity (Wildman–Crippen MR) is 113 cm³/mol. The Bertz CT molecular complexity index is 833. The quantitative estimate of drug-likeness (QED) is 0.746. The minimum atomic E-state index is -0.224. The van der Waals surface area contributed by atoms with Crippen molar-refractivity contribution in [1.82, 2.24) is 0 Å². The molecule has 0 unspecified atom stereocenters. The van der Waals surface area contributed by atoms with E-state index in [1.807, 2.05) is 0 Å². The largest absolute Gasteiger partial charge is 0.348 e. The van der Waals surface area contributed by atoms with Gasteiger partial charge < -0.3 is 9.47 Å². The summed E-state index contributed by atoms with van der Waals surface area (Å²) in [5.74, 6) is 0.469. The normalized spacial score (nSPS) is 20.1. The zero-order chi connectivity index (χ0) is 19.7. The maximum absolute atomic E-state index is 6.18. The van der Waals surface area contributed by atoms with Gasteiger partial charge >= 0.3 is 0 Å². The Hall–Kier alpha value is -1.58. The third-order valence-electron chi connectivity index (χ3n) is 6.19.